The highest BCUT2D eigenvalue weighted by Crippen LogP contribution is 2.26. The molecule has 2 heterocycles. The summed E-state index contributed by atoms with van der Waals surface area (Å²) < 4.78 is 2.11. The standard InChI is InChI=1S/C14H13N3/c1-10-12-8-13(11-6-4-3-5-7-11)17(2)14(12)16-9-15-10/h3-9H,1-2H3. The topological polar surface area (TPSA) is 30.7 Å². The van der Waals surface area contributed by atoms with Gasteiger partial charge in [0.1, 0.15) is 12.0 Å². The Hall–Kier alpha value is -2.16. The van der Waals surface area contributed by atoms with Gasteiger partial charge in [-0.25, -0.2) is 9.97 Å². The number of hydrogen-bond acceptors (Lipinski definition) is 2. The summed E-state index contributed by atoms with van der Waals surface area (Å²) in [6.45, 7) is 2.01. The van der Waals surface area contributed by atoms with Crippen molar-refractivity contribution in [2.45, 2.75) is 6.92 Å². The van der Waals surface area contributed by atoms with Gasteiger partial charge in [-0.1, -0.05) is 30.3 Å². The van der Waals surface area contributed by atoms with E-state index in [-0.39, 0.29) is 0 Å². The second-order valence-electron chi connectivity index (χ2n) is 4.15. The number of nitrogens with zero attached hydrogens (tertiary/aromatic N) is 3. The van der Waals surface area contributed by atoms with Crippen molar-refractivity contribution in [3.05, 3.63) is 48.4 Å². The van der Waals surface area contributed by atoms with E-state index in [1.165, 1.54) is 11.3 Å². The van der Waals surface area contributed by atoms with Crippen LogP contribution in [0.1, 0.15) is 5.69 Å². The maximum Gasteiger partial charge on any atom is 0.143 e. The molecule has 0 aliphatic rings. The van der Waals surface area contributed by atoms with E-state index in [1.807, 2.05) is 32.2 Å². The van der Waals surface area contributed by atoms with E-state index in [2.05, 4.69) is 32.7 Å². The molecule has 0 radical (unpaired) electrons. The molecule has 3 nitrogen and oxygen atoms in total. The molecule has 0 saturated carbocycles. The molecular formula is C14H13N3. The Morgan fingerprint density at radius 2 is 1.82 bits per heavy atom. The molecule has 3 aromatic rings. The van der Waals surface area contributed by atoms with Gasteiger partial charge in [0.15, 0.2) is 0 Å². The summed E-state index contributed by atoms with van der Waals surface area (Å²) in [7, 11) is 2.04. The summed E-state index contributed by atoms with van der Waals surface area (Å²) in [4.78, 5) is 8.57. The van der Waals surface area contributed by atoms with Crippen molar-refractivity contribution in [1.82, 2.24) is 14.5 Å². The van der Waals surface area contributed by atoms with Crippen LogP contribution in [0, 0.1) is 6.92 Å². The quantitative estimate of drug-likeness (QED) is 0.635. The van der Waals surface area contributed by atoms with Crippen LogP contribution in [-0.2, 0) is 7.05 Å². The number of hydrogen-bond donors (Lipinski definition) is 0. The zero-order chi connectivity index (χ0) is 11.8. The fourth-order valence-corrected chi connectivity index (χ4v) is 2.14. The fraction of sp³-hybridized carbons (Fsp3) is 0.143. The van der Waals surface area contributed by atoms with Crippen LogP contribution in [0.15, 0.2) is 42.7 Å². The lowest BCUT2D eigenvalue weighted by Gasteiger charge is -2.02. The summed E-state index contributed by atoms with van der Waals surface area (Å²) in [6, 6.07) is 12.5. The van der Waals surface area contributed by atoms with Crippen LogP contribution in [0.3, 0.4) is 0 Å². The third-order valence-electron chi connectivity index (χ3n) is 3.09. The van der Waals surface area contributed by atoms with Crippen molar-refractivity contribution in [1.29, 1.82) is 0 Å². The molecule has 0 unspecified atom stereocenters. The Kier molecular flexibility index (Phi) is 2.18. The fourth-order valence-electron chi connectivity index (χ4n) is 2.14. The zero-order valence-corrected chi connectivity index (χ0v) is 9.88. The summed E-state index contributed by atoms with van der Waals surface area (Å²) in [5.41, 5.74) is 4.38. The number of aryl methyl sites for hydroxylation is 2. The lowest BCUT2D eigenvalue weighted by Crippen LogP contribution is -1.93. The molecular weight excluding hydrogens is 210 g/mol. The van der Waals surface area contributed by atoms with Gasteiger partial charge in [0.05, 0.1) is 11.4 Å². The molecule has 0 aliphatic carbocycles. The van der Waals surface area contributed by atoms with E-state index >= 15 is 0 Å². The highest BCUT2D eigenvalue weighted by molar-refractivity contribution is 5.85. The lowest BCUT2D eigenvalue weighted by molar-refractivity contribution is 0.949. The predicted octanol–water partition coefficient (Wildman–Crippen LogP) is 2.94. The van der Waals surface area contributed by atoms with E-state index in [0.717, 1.165) is 16.7 Å². The highest BCUT2D eigenvalue weighted by Gasteiger charge is 2.10. The molecule has 0 aliphatic heterocycles. The smallest absolute Gasteiger partial charge is 0.143 e. The molecule has 0 spiro atoms. The molecule has 0 fully saturated rings. The molecule has 0 amide bonds. The van der Waals surface area contributed by atoms with Crippen LogP contribution in [0.25, 0.3) is 22.3 Å². The van der Waals surface area contributed by atoms with Gasteiger partial charge in [0.25, 0.3) is 0 Å². The third kappa shape index (κ3) is 1.51. The first-order valence-corrected chi connectivity index (χ1v) is 5.60. The lowest BCUT2D eigenvalue weighted by atomic mass is 10.1. The van der Waals surface area contributed by atoms with Crippen LogP contribution in [0.4, 0.5) is 0 Å². The summed E-state index contributed by atoms with van der Waals surface area (Å²) in [6.07, 6.45) is 1.62. The first-order valence-electron chi connectivity index (χ1n) is 5.60. The van der Waals surface area contributed by atoms with Crippen molar-refractivity contribution < 1.29 is 0 Å². The molecule has 0 bridgehead atoms. The monoisotopic (exact) mass is 223 g/mol. The van der Waals surface area contributed by atoms with Crippen molar-refractivity contribution in [3.63, 3.8) is 0 Å². The van der Waals surface area contributed by atoms with Crippen LogP contribution in [0.2, 0.25) is 0 Å². The number of fused-ring (bicyclic) bond motifs is 1. The molecule has 84 valence electrons. The van der Waals surface area contributed by atoms with Gasteiger partial charge in [-0.2, -0.15) is 0 Å². The Morgan fingerprint density at radius 1 is 1.06 bits per heavy atom. The van der Waals surface area contributed by atoms with Gasteiger partial charge in [-0.15, -0.1) is 0 Å². The molecule has 17 heavy (non-hydrogen) atoms. The van der Waals surface area contributed by atoms with Crippen molar-refractivity contribution >= 4 is 11.0 Å². The second-order valence-corrected chi connectivity index (χ2v) is 4.15. The van der Waals surface area contributed by atoms with E-state index in [4.69, 9.17) is 0 Å². The minimum Gasteiger partial charge on any atom is -0.328 e. The SMILES string of the molecule is Cc1ncnc2c1cc(-c1ccccc1)n2C. The second kappa shape index (κ2) is 3.70. The van der Waals surface area contributed by atoms with Crippen molar-refractivity contribution in [2.75, 3.05) is 0 Å². The van der Waals surface area contributed by atoms with Gasteiger partial charge in [0.2, 0.25) is 0 Å². The summed E-state index contributed by atoms with van der Waals surface area (Å²) in [5.74, 6) is 0. The maximum absolute atomic E-state index is 4.34. The first-order chi connectivity index (χ1) is 8.27. The average molecular weight is 223 g/mol. The third-order valence-corrected chi connectivity index (χ3v) is 3.09. The van der Waals surface area contributed by atoms with Crippen LogP contribution in [0.5, 0.6) is 0 Å². The van der Waals surface area contributed by atoms with Gasteiger partial charge >= 0.3 is 0 Å². The van der Waals surface area contributed by atoms with Gasteiger partial charge in [-0.3, -0.25) is 0 Å². The molecule has 0 saturated heterocycles. The summed E-state index contributed by atoms with van der Waals surface area (Å²) in [5, 5.41) is 1.12. The van der Waals surface area contributed by atoms with E-state index in [1.54, 1.807) is 6.33 Å². The molecule has 0 N–H and O–H groups in total. The average Bonchev–Trinajstić information content (AvgIpc) is 2.70. The number of rotatable bonds is 1. The van der Waals surface area contributed by atoms with Crippen molar-refractivity contribution in [2.24, 2.45) is 7.05 Å². The van der Waals surface area contributed by atoms with Gasteiger partial charge in [0, 0.05) is 12.4 Å². The normalized spacial score (nSPS) is 10.9. The zero-order valence-electron chi connectivity index (χ0n) is 9.88. The minimum atomic E-state index is 0.983. The Balaban J connectivity index is 2.32. The summed E-state index contributed by atoms with van der Waals surface area (Å²) >= 11 is 0. The maximum atomic E-state index is 4.34. The number of aromatic nitrogens is 3. The van der Waals surface area contributed by atoms with Gasteiger partial charge in [-0.05, 0) is 18.6 Å². The van der Waals surface area contributed by atoms with Gasteiger partial charge < -0.3 is 4.57 Å². The van der Waals surface area contributed by atoms with Crippen LogP contribution < -0.4 is 0 Å². The molecule has 0 atom stereocenters. The minimum absolute atomic E-state index is 0.983. The van der Waals surface area contributed by atoms with Crippen molar-refractivity contribution in [3.8, 4) is 11.3 Å². The molecule has 3 rings (SSSR count). The van der Waals surface area contributed by atoms with E-state index < -0.39 is 0 Å². The Labute approximate surface area is 99.8 Å². The Morgan fingerprint density at radius 3 is 2.53 bits per heavy atom. The number of benzene rings is 1. The van der Waals surface area contributed by atoms with Crippen LogP contribution in [-0.4, -0.2) is 14.5 Å². The molecule has 1 aromatic carbocycles. The largest absolute Gasteiger partial charge is 0.328 e. The predicted molar refractivity (Wildman–Crippen MR) is 68.7 cm³/mol. The van der Waals surface area contributed by atoms with E-state index in [0.29, 0.717) is 0 Å². The van der Waals surface area contributed by atoms with Crippen LogP contribution >= 0.6 is 0 Å². The Bertz CT molecular complexity index is 669. The first kappa shape index (κ1) is 10.0. The molecule has 3 heteroatoms. The van der Waals surface area contributed by atoms with E-state index in [9.17, 15) is 0 Å². The highest BCUT2D eigenvalue weighted by atomic mass is 15.0. The molecule has 2 aromatic heterocycles.